The number of carbonyl (C=O) groups excluding carboxylic acids is 4. The van der Waals surface area contributed by atoms with E-state index in [0.717, 1.165) is 0 Å². The average Bonchev–Trinajstić information content (AvgIpc) is 3.03. The molecule has 0 amide bonds. The van der Waals surface area contributed by atoms with Crippen LogP contribution in [-0.2, 0) is 38.1 Å². The third kappa shape index (κ3) is 5.05. The first kappa shape index (κ1) is 27.8. The molecule has 200 valence electrons. The first-order valence-electron chi connectivity index (χ1n) is 12.4. The maximum absolute atomic E-state index is 13.4. The molecule has 0 saturated carbocycles. The second kappa shape index (κ2) is 11.9. The van der Waals surface area contributed by atoms with Crippen molar-refractivity contribution in [3.8, 4) is 0 Å². The molecule has 37 heavy (non-hydrogen) atoms. The van der Waals surface area contributed by atoms with Crippen LogP contribution in [0.4, 0.5) is 0 Å². The van der Waals surface area contributed by atoms with Gasteiger partial charge in [-0.15, -0.1) is 0 Å². The van der Waals surface area contributed by atoms with E-state index in [1.54, 1.807) is 52.0 Å². The molecular formula is C27H32O10. The fourth-order valence-corrected chi connectivity index (χ4v) is 4.96. The fraction of sp³-hybridized carbons (Fsp3) is 0.481. The zero-order valence-corrected chi connectivity index (χ0v) is 21.3. The zero-order chi connectivity index (χ0) is 27.3. The fourth-order valence-electron chi connectivity index (χ4n) is 4.96. The molecule has 1 aromatic carbocycles. The van der Waals surface area contributed by atoms with E-state index < -0.39 is 70.2 Å². The number of carbonyl (C=O) groups is 4. The number of esters is 4. The van der Waals surface area contributed by atoms with Crippen LogP contribution >= 0.6 is 0 Å². The Balaban J connectivity index is 2.48. The van der Waals surface area contributed by atoms with Crippen LogP contribution in [0.3, 0.4) is 0 Å². The molecule has 2 bridgehead atoms. The van der Waals surface area contributed by atoms with Gasteiger partial charge in [-0.05, 0) is 38.3 Å². The van der Waals surface area contributed by atoms with Crippen molar-refractivity contribution in [2.75, 3.05) is 26.4 Å². The van der Waals surface area contributed by atoms with Gasteiger partial charge in [-0.3, -0.25) is 9.59 Å². The van der Waals surface area contributed by atoms with Crippen LogP contribution in [0.5, 0.6) is 0 Å². The summed E-state index contributed by atoms with van der Waals surface area (Å²) in [5.74, 6) is -11.0. The maximum atomic E-state index is 13.4. The molecule has 4 atom stereocenters. The van der Waals surface area contributed by atoms with Crippen LogP contribution in [0.25, 0.3) is 0 Å². The molecule has 0 aromatic heterocycles. The SMILES string of the molecule is CCCOC(=O)C1=C(O)[C@H](C(=O)OCC)[C@H]2c3ccccc3[C@@H]1C(C(=O)OCC)=C(O)[C@@H]2C(=O)OCC. The van der Waals surface area contributed by atoms with E-state index in [1.165, 1.54) is 0 Å². The van der Waals surface area contributed by atoms with E-state index in [0.29, 0.717) is 17.5 Å². The minimum Gasteiger partial charge on any atom is -0.511 e. The smallest absolute Gasteiger partial charge is 0.338 e. The number of rotatable bonds is 9. The zero-order valence-electron chi connectivity index (χ0n) is 21.3. The largest absolute Gasteiger partial charge is 0.511 e. The highest BCUT2D eigenvalue weighted by Gasteiger charge is 2.56. The van der Waals surface area contributed by atoms with Gasteiger partial charge in [0, 0.05) is 5.92 Å². The number of benzene rings is 1. The van der Waals surface area contributed by atoms with Crippen molar-refractivity contribution in [1.82, 2.24) is 0 Å². The third-order valence-corrected chi connectivity index (χ3v) is 6.34. The molecule has 0 aliphatic heterocycles. The third-order valence-electron chi connectivity index (χ3n) is 6.34. The minimum absolute atomic E-state index is 0.00731. The number of ether oxygens (including phenoxy) is 4. The van der Waals surface area contributed by atoms with Gasteiger partial charge in [-0.2, -0.15) is 0 Å². The molecule has 0 unspecified atom stereocenters. The number of hydrogen-bond donors (Lipinski definition) is 2. The van der Waals surface area contributed by atoms with Crippen LogP contribution in [0, 0.1) is 11.8 Å². The summed E-state index contributed by atoms with van der Waals surface area (Å²) in [7, 11) is 0. The molecule has 0 saturated heterocycles. The van der Waals surface area contributed by atoms with Crippen molar-refractivity contribution in [3.63, 3.8) is 0 Å². The van der Waals surface area contributed by atoms with Gasteiger partial charge in [0.2, 0.25) is 0 Å². The Kier molecular flexibility index (Phi) is 8.96. The molecule has 2 N–H and O–H groups in total. The molecule has 2 aliphatic carbocycles. The molecular weight excluding hydrogens is 484 g/mol. The second-order valence-corrected chi connectivity index (χ2v) is 8.50. The van der Waals surface area contributed by atoms with E-state index in [1.807, 2.05) is 0 Å². The molecule has 0 heterocycles. The number of hydrogen-bond acceptors (Lipinski definition) is 10. The topological polar surface area (TPSA) is 146 Å². The van der Waals surface area contributed by atoms with Crippen LogP contribution in [-0.4, -0.2) is 60.5 Å². The maximum Gasteiger partial charge on any atom is 0.338 e. The van der Waals surface area contributed by atoms with Crippen LogP contribution in [0.2, 0.25) is 0 Å². The lowest BCUT2D eigenvalue weighted by molar-refractivity contribution is -0.153. The Morgan fingerprint density at radius 3 is 1.62 bits per heavy atom. The number of aliphatic hydroxyl groups excluding tert-OH is 2. The average molecular weight is 517 g/mol. The van der Waals surface area contributed by atoms with Crippen molar-refractivity contribution >= 4 is 23.9 Å². The summed E-state index contributed by atoms with van der Waals surface area (Å²) in [4.78, 5) is 53.2. The molecule has 2 aliphatic rings. The van der Waals surface area contributed by atoms with E-state index in [4.69, 9.17) is 18.9 Å². The predicted octanol–water partition coefficient (Wildman–Crippen LogP) is 3.38. The summed E-state index contributed by atoms with van der Waals surface area (Å²) >= 11 is 0. The lowest BCUT2D eigenvalue weighted by Crippen LogP contribution is -2.38. The Hall–Kier alpha value is -3.82. The Bertz CT molecular complexity index is 1130. The van der Waals surface area contributed by atoms with Gasteiger partial charge in [-0.25, -0.2) is 9.59 Å². The van der Waals surface area contributed by atoms with Crippen molar-refractivity contribution in [2.45, 2.75) is 46.0 Å². The van der Waals surface area contributed by atoms with Gasteiger partial charge >= 0.3 is 23.9 Å². The highest BCUT2D eigenvalue weighted by Crippen LogP contribution is 2.54. The highest BCUT2D eigenvalue weighted by atomic mass is 16.5. The Morgan fingerprint density at radius 1 is 0.703 bits per heavy atom. The van der Waals surface area contributed by atoms with Crippen molar-refractivity contribution in [2.24, 2.45) is 11.8 Å². The van der Waals surface area contributed by atoms with Gasteiger partial charge in [0.05, 0.1) is 43.5 Å². The standard InChI is InChI=1S/C27H32O10/c1-5-13-37-27(33)21-17-15-12-10-9-11-14(15)16(19(23(21)29)25(31)35-7-3)18(24(30)34-6-2)22(28)20(17)26(32)36-8-4/h9-12,16-19,28-29H,5-8,13H2,1-4H3/t16-,17+,18+,19+/m0/s1. The minimum atomic E-state index is -1.57. The first-order valence-corrected chi connectivity index (χ1v) is 12.4. The molecule has 0 spiro atoms. The quantitative estimate of drug-likeness (QED) is 0.370. The van der Waals surface area contributed by atoms with Crippen molar-refractivity contribution < 1.29 is 48.3 Å². The Morgan fingerprint density at radius 2 is 1.16 bits per heavy atom. The van der Waals surface area contributed by atoms with E-state index in [-0.39, 0.29) is 26.4 Å². The first-order chi connectivity index (χ1) is 17.7. The normalized spacial score (nSPS) is 22.5. The van der Waals surface area contributed by atoms with E-state index >= 15 is 0 Å². The van der Waals surface area contributed by atoms with Gasteiger partial charge in [-0.1, -0.05) is 31.2 Å². The summed E-state index contributed by atoms with van der Waals surface area (Å²) in [6.45, 7) is 6.34. The molecule has 3 rings (SSSR count). The van der Waals surface area contributed by atoms with Crippen molar-refractivity contribution in [3.05, 3.63) is 58.1 Å². The summed E-state index contributed by atoms with van der Waals surface area (Å²) in [6.07, 6.45) is 0.474. The molecule has 10 heteroatoms. The monoisotopic (exact) mass is 516 g/mol. The highest BCUT2D eigenvalue weighted by molar-refractivity contribution is 6.01. The van der Waals surface area contributed by atoms with Gasteiger partial charge in [0.25, 0.3) is 0 Å². The second-order valence-electron chi connectivity index (χ2n) is 8.50. The summed E-state index contributed by atoms with van der Waals surface area (Å²) in [6, 6.07) is 6.50. The number of aliphatic hydroxyl groups is 2. The lowest BCUT2D eigenvalue weighted by Gasteiger charge is -2.32. The predicted molar refractivity (Wildman–Crippen MR) is 129 cm³/mol. The van der Waals surface area contributed by atoms with E-state index in [2.05, 4.69) is 0 Å². The summed E-state index contributed by atoms with van der Waals surface area (Å²) < 4.78 is 21.0. The van der Waals surface area contributed by atoms with E-state index in [9.17, 15) is 29.4 Å². The van der Waals surface area contributed by atoms with Crippen LogP contribution in [0.1, 0.15) is 57.1 Å². The van der Waals surface area contributed by atoms with Gasteiger partial charge in [0.15, 0.2) is 0 Å². The molecule has 0 radical (unpaired) electrons. The van der Waals surface area contributed by atoms with Gasteiger partial charge < -0.3 is 29.2 Å². The summed E-state index contributed by atoms with van der Waals surface area (Å²) in [5.41, 5.74) is -0.125. The van der Waals surface area contributed by atoms with Crippen LogP contribution < -0.4 is 0 Å². The van der Waals surface area contributed by atoms with Gasteiger partial charge in [0.1, 0.15) is 23.4 Å². The van der Waals surface area contributed by atoms with Crippen molar-refractivity contribution in [1.29, 1.82) is 0 Å². The molecule has 10 nitrogen and oxygen atoms in total. The lowest BCUT2D eigenvalue weighted by atomic mass is 9.74. The molecule has 0 fully saturated rings. The Labute approximate surface area is 214 Å². The van der Waals surface area contributed by atoms with Crippen LogP contribution in [0.15, 0.2) is 46.9 Å². The molecule has 1 aromatic rings. The summed E-state index contributed by atoms with van der Waals surface area (Å²) in [5, 5.41) is 23.1.